The van der Waals surface area contributed by atoms with E-state index in [1.54, 1.807) is 4.52 Å². The Balaban J connectivity index is 1.63. The predicted octanol–water partition coefficient (Wildman–Crippen LogP) is 3.78. The molecular weight excluding hydrogens is 392 g/mol. The summed E-state index contributed by atoms with van der Waals surface area (Å²) in [7, 11) is 0. The van der Waals surface area contributed by atoms with Crippen LogP contribution in [0.4, 0.5) is 5.95 Å². The molecule has 1 atom stereocenters. The fraction of sp³-hybridized carbons (Fsp3) is 0.522. The van der Waals surface area contributed by atoms with Gasteiger partial charge in [-0.1, -0.05) is 32.0 Å². The molecule has 0 bridgehead atoms. The molecule has 1 aliphatic heterocycles. The second kappa shape index (κ2) is 9.51. The maximum Gasteiger partial charge on any atom is 0.322 e. The van der Waals surface area contributed by atoms with Crippen molar-refractivity contribution < 1.29 is 9.47 Å². The minimum Gasteiger partial charge on any atom is -0.491 e. The molecule has 3 heterocycles. The van der Waals surface area contributed by atoms with Crippen molar-refractivity contribution in [1.29, 1.82) is 0 Å². The van der Waals surface area contributed by atoms with Gasteiger partial charge in [-0.25, -0.2) is 0 Å². The molecule has 0 saturated carbocycles. The van der Waals surface area contributed by atoms with Gasteiger partial charge in [-0.2, -0.15) is 19.6 Å². The Bertz CT molecular complexity index is 1010. The van der Waals surface area contributed by atoms with Gasteiger partial charge in [-0.15, -0.1) is 0 Å². The van der Waals surface area contributed by atoms with Crippen molar-refractivity contribution in [1.82, 2.24) is 24.9 Å². The van der Waals surface area contributed by atoms with E-state index in [4.69, 9.17) is 14.5 Å². The molecule has 2 aromatic heterocycles. The lowest BCUT2D eigenvalue weighted by atomic mass is 10.1. The Morgan fingerprint density at radius 3 is 2.77 bits per heavy atom. The summed E-state index contributed by atoms with van der Waals surface area (Å²) in [5, 5.41) is 11.3. The van der Waals surface area contributed by atoms with Crippen LogP contribution in [0.15, 0.2) is 30.5 Å². The van der Waals surface area contributed by atoms with Gasteiger partial charge in [0.25, 0.3) is 0 Å². The fourth-order valence-corrected chi connectivity index (χ4v) is 3.71. The molecular formula is C23H32N6O2. The quantitative estimate of drug-likeness (QED) is 0.569. The molecule has 0 amide bonds. The number of hydrogen-bond acceptors (Lipinski definition) is 7. The van der Waals surface area contributed by atoms with Gasteiger partial charge in [0, 0.05) is 24.2 Å². The van der Waals surface area contributed by atoms with E-state index in [-0.39, 0.29) is 12.2 Å². The van der Waals surface area contributed by atoms with E-state index < -0.39 is 0 Å². The van der Waals surface area contributed by atoms with Gasteiger partial charge >= 0.3 is 6.01 Å². The van der Waals surface area contributed by atoms with Crippen molar-refractivity contribution in [3.63, 3.8) is 0 Å². The monoisotopic (exact) mass is 424 g/mol. The number of benzene rings is 1. The molecule has 3 aromatic rings. The molecule has 8 heteroatoms. The molecule has 1 fully saturated rings. The van der Waals surface area contributed by atoms with Crippen molar-refractivity contribution in [2.24, 2.45) is 0 Å². The number of fused-ring (bicyclic) bond motifs is 1. The zero-order valence-corrected chi connectivity index (χ0v) is 18.8. The lowest BCUT2D eigenvalue weighted by molar-refractivity contribution is 0.153. The van der Waals surface area contributed by atoms with E-state index in [0.717, 1.165) is 48.5 Å². The van der Waals surface area contributed by atoms with Gasteiger partial charge in [0.15, 0.2) is 5.65 Å². The lowest BCUT2D eigenvalue weighted by Gasteiger charge is -2.23. The van der Waals surface area contributed by atoms with Crippen LogP contribution < -0.4 is 20.1 Å². The first-order chi connectivity index (χ1) is 15.0. The Hall–Kier alpha value is -2.87. The summed E-state index contributed by atoms with van der Waals surface area (Å²) in [6.07, 6.45) is 4.14. The van der Waals surface area contributed by atoms with Gasteiger partial charge in [0.05, 0.1) is 12.3 Å². The zero-order chi connectivity index (χ0) is 21.8. The molecule has 4 rings (SSSR count). The van der Waals surface area contributed by atoms with Crippen LogP contribution in [0.3, 0.4) is 0 Å². The summed E-state index contributed by atoms with van der Waals surface area (Å²) in [6.45, 7) is 10.7. The molecule has 1 saturated heterocycles. The molecule has 0 spiro atoms. The van der Waals surface area contributed by atoms with Gasteiger partial charge < -0.3 is 20.1 Å². The highest BCUT2D eigenvalue weighted by atomic mass is 16.5. The second-order valence-corrected chi connectivity index (χ2v) is 8.53. The highest BCUT2D eigenvalue weighted by molar-refractivity contribution is 5.53. The van der Waals surface area contributed by atoms with Gasteiger partial charge in [0.1, 0.15) is 11.9 Å². The number of ether oxygens (including phenoxy) is 2. The first-order valence-corrected chi connectivity index (χ1v) is 11.1. The van der Waals surface area contributed by atoms with Crippen molar-refractivity contribution in [3.05, 3.63) is 41.6 Å². The third-order valence-corrected chi connectivity index (χ3v) is 5.29. The SMILES string of the molecule is CC(C)Oc1ccccc1CNc1nc(OC2CCCNC2)nc2c(C(C)C)cnn12. The molecule has 0 radical (unpaired) electrons. The summed E-state index contributed by atoms with van der Waals surface area (Å²) in [6, 6.07) is 8.42. The highest BCUT2D eigenvalue weighted by Gasteiger charge is 2.20. The number of rotatable bonds is 8. The average molecular weight is 425 g/mol. The van der Waals surface area contributed by atoms with E-state index in [1.165, 1.54) is 0 Å². The maximum absolute atomic E-state index is 6.15. The largest absolute Gasteiger partial charge is 0.491 e. The maximum atomic E-state index is 6.15. The fourth-order valence-electron chi connectivity index (χ4n) is 3.71. The third-order valence-electron chi connectivity index (χ3n) is 5.29. The minimum absolute atomic E-state index is 0.0784. The number of para-hydroxylation sites is 1. The van der Waals surface area contributed by atoms with Gasteiger partial charge in [-0.3, -0.25) is 0 Å². The highest BCUT2D eigenvalue weighted by Crippen LogP contribution is 2.25. The number of hydrogen-bond donors (Lipinski definition) is 2. The Kier molecular flexibility index (Phi) is 6.56. The summed E-state index contributed by atoms with van der Waals surface area (Å²) in [4.78, 5) is 9.36. The molecule has 0 aliphatic carbocycles. The topological polar surface area (TPSA) is 85.6 Å². The van der Waals surface area contributed by atoms with Crippen molar-refractivity contribution >= 4 is 11.6 Å². The van der Waals surface area contributed by atoms with E-state index >= 15 is 0 Å². The number of nitrogens with one attached hydrogen (secondary N) is 2. The standard InChI is InChI=1S/C23H32N6O2/c1-15(2)19-14-26-29-21(19)27-23(31-18-9-7-11-24-13-18)28-22(29)25-12-17-8-5-6-10-20(17)30-16(3)4/h5-6,8,10,14-16,18,24H,7,9,11-13H2,1-4H3,(H,25,27,28). The number of nitrogens with zero attached hydrogens (tertiary/aromatic N) is 4. The zero-order valence-electron chi connectivity index (χ0n) is 18.8. The van der Waals surface area contributed by atoms with Crippen molar-refractivity contribution in [3.8, 4) is 11.8 Å². The third kappa shape index (κ3) is 5.07. The normalized spacial score (nSPS) is 16.8. The molecule has 8 nitrogen and oxygen atoms in total. The summed E-state index contributed by atoms with van der Waals surface area (Å²) >= 11 is 0. The van der Waals surface area contributed by atoms with E-state index in [1.807, 2.05) is 38.2 Å². The Labute approximate surface area is 183 Å². The number of piperidine rings is 1. The summed E-state index contributed by atoms with van der Waals surface area (Å²) in [5.41, 5.74) is 2.90. The molecule has 1 unspecified atom stereocenters. The summed E-state index contributed by atoms with van der Waals surface area (Å²) in [5.74, 6) is 1.77. The predicted molar refractivity (Wildman–Crippen MR) is 121 cm³/mol. The molecule has 31 heavy (non-hydrogen) atoms. The first-order valence-electron chi connectivity index (χ1n) is 11.1. The number of aromatic nitrogens is 4. The van der Waals surface area contributed by atoms with Crippen LogP contribution in [0.5, 0.6) is 11.8 Å². The van der Waals surface area contributed by atoms with E-state index in [0.29, 0.717) is 24.4 Å². The van der Waals surface area contributed by atoms with Gasteiger partial charge in [-0.05, 0) is 45.2 Å². The minimum atomic E-state index is 0.0784. The Morgan fingerprint density at radius 2 is 2.03 bits per heavy atom. The second-order valence-electron chi connectivity index (χ2n) is 8.53. The number of anilines is 1. The van der Waals surface area contributed by atoms with Crippen LogP contribution in [0.2, 0.25) is 0 Å². The van der Waals surface area contributed by atoms with E-state index in [2.05, 4.69) is 40.6 Å². The molecule has 166 valence electrons. The van der Waals surface area contributed by atoms with Crippen LogP contribution in [0.1, 0.15) is 57.6 Å². The van der Waals surface area contributed by atoms with Crippen LogP contribution in [0, 0.1) is 0 Å². The smallest absolute Gasteiger partial charge is 0.322 e. The van der Waals surface area contributed by atoms with Crippen LogP contribution in [-0.2, 0) is 6.54 Å². The molecule has 1 aromatic carbocycles. The van der Waals surface area contributed by atoms with Gasteiger partial charge in [0.2, 0.25) is 5.95 Å². The van der Waals surface area contributed by atoms with Crippen LogP contribution >= 0.6 is 0 Å². The summed E-state index contributed by atoms with van der Waals surface area (Å²) < 4.78 is 13.9. The Morgan fingerprint density at radius 1 is 1.19 bits per heavy atom. The van der Waals surface area contributed by atoms with Crippen molar-refractivity contribution in [2.75, 3.05) is 18.4 Å². The van der Waals surface area contributed by atoms with E-state index in [9.17, 15) is 0 Å². The lowest BCUT2D eigenvalue weighted by Crippen LogP contribution is -2.37. The van der Waals surface area contributed by atoms with Crippen LogP contribution in [0.25, 0.3) is 5.65 Å². The molecule has 2 N–H and O–H groups in total. The van der Waals surface area contributed by atoms with Crippen LogP contribution in [-0.4, -0.2) is 44.9 Å². The molecule has 1 aliphatic rings. The van der Waals surface area contributed by atoms with Crippen molar-refractivity contribution in [2.45, 2.75) is 65.2 Å². The first kappa shape index (κ1) is 21.4. The average Bonchev–Trinajstić information content (AvgIpc) is 3.18.